The normalized spacial score (nSPS) is 13.1. The maximum Gasteiger partial charge on any atom is 0.225 e. The van der Waals surface area contributed by atoms with Crippen molar-refractivity contribution in [2.24, 2.45) is 11.1 Å². The number of nitrogens with two attached hydrogens (primary N) is 1. The molecule has 2 rings (SSSR count). The van der Waals surface area contributed by atoms with Gasteiger partial charge in [0.15, 0.2) is 0 Å². The molecule has 0 radical (unpaired) electrons. The third kappa shape index (κ3) is 7.20. The minimum Gasteiger partial charge on any atom is -0.381 e. The van der Waals surface area contributed by atoms with Crippen LogP contribution in [0.15, 0.2) is 60.2 Å². The minimum absolute atomic E-state index is 0.0454. The van der Waals surface area contributed by atoms with Crippen molar-refractivity contribution in [2.45, 2.75) is 53.8 Å². The van der Waals surface area contributed by atoms with E-state index in [0.29, 0.717) is 6.42 Å². The summed E-state index contributed by atoms with van der Waals surface area (Å²) in [7, 11) is 0. The highest BCUT2D eigenvalue weighted by Crippen LogP contribution is 2.24. The number of nitrogens with one attached hydrogen (secondary N) is 2. The molecular formula is C24H33N3O. The summed E-state index contributed by atoms with van der Waals surface area (Å²) in [6, 6.07) is 16.4. The minimum atomic E-state index is -0.470. The number of aryl methyl sites for hydroxylation is 1. The van der Waals surface area contributed by atoms with Gasteiger partial charge in [0.25, 0.3) is 0 Å². The van der Waals surface area contributed by atoms with Gasteiger partial charge in [-0.15, -0.1) is 0 Å². The zero-order chi connectivity index (χ0) is 20.7. The number of carbonyl (C=O) groups excluding carboxylic acids is 1. The van der Waals surface area contributed by atoms with Crippen molar-refractivity contribution in [3.05, 3.63) is 76.9 Å². The van der Waals surface area contributed by atoms with E-state index in [9.17, 15) is 4.79 Å². The van der Waals surface area contributed by atoms with Crippen molar-refractivity contribution in [1.82, 2.24) is 5.32 Å². The van der Waals surface area contributed by atoms with Gasteiger partial charge >= 0.3 is 0 Å². The fourth-order valence-electron chi connectivity index (χ4n) is 2.63. The van der Waals surface area contributed by atoms with Crippen LogP contribution in [0.2, 0.25) is 0 Å². The molecule has 0 saturated heterocycles. The van der Waals surface area contributed by atoms with Crippen LogP contribution in [0.3, 0.4) is 0 Å². The highest BCUT2D eigenvalue weighted by Gasteiger charge is 2.14. The highest BCUT2D eigenvalue weighted by molar-refractivity contribution is 5.79. The van der Waals surface area contributed by atoms with Gasteiger partial charge < -0.3 is 16.4 Å². The Hall–Kier alpha value is -2.59. The highest BCUT2D eigenvalue weighted by atomic mass is 16.1. The predicted octanol–water partition coefficient (Wildman–Crippen LogP) is 4.54. The van der Waals surface area contributed by atoms with E-state index in [1.165, 1.54) is 11.1 Å². The van der Waals surface area contributed by atoms with E-state index >= 15 is 0 Å². The number of allylic oxidation sites excluding steroid dienone is 1. The molecule has 0 heterocycles. The fraction of sp³-hybridized carbons (Fsp3) is 0.375. The molecule has 2 aromatic rings. The lowest BCUT2D eigenvalue weighted by Gasteiger charge is -2.21. The number of benzene rings is 2. The number of hydrogen-bond acceptors (Lipinski definition) is 3. The van der Waals surface area contributed by atoms with Crippen molar-refractivity contribution in [2.75, 3.05) is 5.32 Å². The number of anilines is 1. The van der Waals surface area contributed by atoms with Gasteiger partial charge in [-0.1, -0.05) is 68.3 Å². The van der Waals surface area contributed by atoms with Gasteiger partial charge in [-0.05, 0) is 48.6 Å². The molecule has 28 heavy (non-hydrogen) atoms. The third-order valence-electron chi connectivity index (χ3n) is 4.88. The second-order valence-electron chi connectivity index (χ2n) is 8.41. The van der Waals surface area contributed by atoms with Gasteiger partial charge in [-0.2, -0.15) is 0 Å². The van der Waals surface area contributed by atoms with E-state index in [2.05, 4.69) is 62.6 Å². The van der Waals surface area contributed by atoms with Crippen molar-refractivity contribution >= 4 is 11.6 Å². The average molecular weight is 380 g/mol. The van der Waals surface area contributed by atoms with E-state index in [0.717, 1.165) is 23.4 Å². The molecule has 4 nitrogen and oxygen atoms in total. The first-order valence-electron chi connectivity index (χ1n) is 9.76. The van der Waals surface area contributed by atoms with Gasteiger partial charge in [0.1, 0.15) is 0 Å². The molecule has 0 bridgehead atoms. The van der Waals surface area contributed by atoms with Gasteiger partial charge in [-0.3, -0.25) is 4.79 Å². The smallest absolute Gasteiger partial charge is 0.225 e. The molecule has 1 atom stereocenters. The van der Waals surface area contributed by atoms with Crippen LogP contribution in [-0.4, -0.2) is 12.1 Å². The molecule has 0 aliphatic heterocycles. The number of hydrogen-bond donors (Lipinski definition) is 3. The topological polar surface area (TPSA) is 67.1 Å². The van der Waals surface area contributed by atoms with Gasteiger partial charge in [0.2, 0.25) is 5.91 Å². The molecule has 0 fully saturated rings. The van der Waals surface area contributed by atoms with Crippen LogP contribution in [-0.2, 0) is 17.8 Å². The first-order valence-corrected chi connectivity index (χ1v) is 9.76. The molecule has 0 aliphatic rings. The molecule has 4 heteroatoms. The first-order chi connectivity index (χ1) is 13.1. The number of carbonyl (C=O) groups is 1. The maximum absolute atomic E-state index is 12.2. The lowest BCUT2D eigenvalue weighted by Crippen LogP contribution is -2.41. The molecule has 0 saturated carbocycles. The number of rotatable bonds is 7. The average Bonchev–Trinajstić information content (AvgIpc) is 2.61. The summed E-state index contributed by atoms with van der Waals surface area (Å²) in [6.45, 7) is 11.3. The molecule has 0 aliphatic carbocycles. The number of amides is 1. The standard InChI is InChI=1S/C24H33N3O/c1-17-6-8-20(9-7-17)16-26-21-12-10-19(11-13-21)15-23(28)27-22(25)14-18(2)24(3,4)5/h6-14,22,26H,15-16,25H2,1-5H3,(H,27,28)/b18-14+. The summed E-state index contributed by atoms with van der Waals surface area (Å²) >= 11 is 0. The Morgan fingerprint density at radius 2 is 1.61 bits per heavy atom. The summed E-state index contributed by atoms with van der Waals surface area (Å²) in [5, 5.41) is 6.24. The molecular weight excluding hydrogens is 346 g/mol. The lowest BCUT2D eigenvalue weighted by atomic mass is 9.87. The van der Waals surface area contributed by atoms with Crippen LogP contribution in [0.5, 0.6) is 0 Å². The zero-order valence-corrected chi connectivity index (χ0v) is 17.7. The molecule has 1 unspecified atom stereocenters. The van der Waals surface area contributed by atoms with Crippen LogP contribution in [0.25, 0.3) is 0 Å². The molecule has 1 amide bonds. The van der Waals surface area contributed by atoms with E-state index < -0.39 is 6.17 Å². The summed E-state index contributed by atoms with van der Waals surface area (Å²) in [5.41, 5.74) is 11.7. The van der Waals surface area contributed by atoms with E-state index in [4.69, 9.17) is 5.73 Å². The van der Waals surface area contributed by atoms with E-state index in [1.807, 2.05) is 37.3 Å². The monoisotopic (exact) mass is 379 g/mol. The van der Waals surface area contributed by atoms with Crippen LogP contribution >= 0.6 is 0 Å². The Kier molecular flexibility index (Phi) is 7.41. The van der Waals surface area contributed by atoms with E-state index in [1.54, 1.807) is 0 Å². The SMILES string of the molecule is C/C(=C\C(N)NC(=O)Cc1ccc(NCc2ccc(C)cc2)cc1)C(C)(C)C. The molecule has 0 aromatic heterocycles. The maximum atomic E-state index is 12.2. The van der Waals surface area contributed by atoms with Gasteiger partial charge in [-0.25, -0.2) is 0 Å². The van der Waals surface area contributed by atoms with E-state index in [-0.39, 0.29) is 11.3 Å². The Balaban J connectivity index is 1.84. The summed E-state index contributed by atoms with van der Waals surface area (Å²) in [6.07, 6.45) is 1.76. The van der Waals surface area contributed by atoms with Crippen molar-refractivity contribution in [3.8, 4) is 0 Å². The zero-order valence-electron chi connectivity index (χ0n) is 17.7. The van der Waals surface area contributed by atoms with Crippen LogP contribution in [0.1, 0.15) is 44.4 Å². The van der Waals surface area contributed by atoms with Crippen molar-refractivity contribution in [3.63, 3.8) is 0 Å². The fourth-order valence-corrected chi connectivity index (χ4v) is 2.63. The van der Waals surface area contributed by atoms with Crippen LogP contribution in [0.4, 0.5) is 5.69 Å². The molecule has 150 valence electrons. The first kappa shape index (κ1) is 21.7. The Labute approximate surface area is 169 Å². The lowest BCUT2D eigenvalue weighted by molar-refractivity contribution is -0.120. The predicted molar refractivity (Wildman–Crippen MR) is 118 cm³/mol. The summed E-state index contributed by atoms with van der Waals surface area (Å²) in [5.74, 6) is -0.0779. The molecule has 2 aromatic carbocycles. The van der Waals surface area contributed by atoms with Crippen molar-refractivity contribution in [1.29, 1.82) is 0 Å². The largest absolute Gasteiger partial charge is 0.381 e. The summed E-state index contributed by atoms with van der Waals surface area (Å²) < 4.78 is 0. The third-order valence-corrected chi connectivity index (χ3v) is 4.88. The quantitative estimate of drug-likeness (QED) is 0.489. The second kappa shape index (κ2) is 9.56. The second-order valence-corrected chi connectivity index (χ2v) is 8.41. The van der Waals surface area contributed by atoms with Crippen LogP contribution < -0.4 is 16.4 Å². The molecule has 0 spiro atoms. The Morgan fingerprint density at radius 3 is 2.18 bits per heavy atom. The Morgan fingerprint density at radius 1 is 1.04 bits per heavy atom. The van der Waals surface area contributed by atoms with Crippen molar-refractivity contribution < 1.29 is 4.79 Å². The Bertz CT molecular complexity index is 799. The van der Waals surface area contributed by atoms with Gasteiger partial charge in [0.05, 0.1) is 12.6 Å². The van der Waals surface area contributed by atoms with Gasteiger partial charge in [0, 0.05) is 12.2 Å². The molecule has 4 N–H and O–H groups in total. The summed E-state index contributed by atoms with van der Waals surface area (Å²) in [4.78, 5) is 12.2. The van der Waals surface area contributed by atoms with Crippen LogP contribution in [0, 0.1) is 12.3 Å².